The first-order valence-corrected chi connectivity index (χ1v) is 6.31. The van der Waals surface area contributed by atoms with Crippen LogP contribution in [0.15, 0.2) is 18.2 Å². The van der Waals surface area contributed by atoms with E-state index < -0.39 is 0 Å². The molecule has 1 atom stereocenters. The van der Waals surface area contributed by atoms with Crippen molar-refractivity contribution < 1.29 is 4.79 Å². The molecule has 0 bridgehead atoms. The lowest BCUT2D eigenvalue weighted by atomic mass is 10.1. The maximum absolute atomic E-state index is 12.2. The number of hydrogen-bond acceptors (Lipinski definition) is 2. The van der Waals surface area contributed by atoms with Crippen LogP contribution in [0, 0.1) is 5.92 Å². The Morgan fingerprint density at radius 3 is 2.44 bits per heavy atom. The number of rotatable bonds is 2. The Hall–Kier alpha value is -0.480. The minimum Gasteiger partial charge on any atom is -0.338 e. The summed E-state index contributed by atoms with van der Waals surface area (Å²) in [5, 5.41) is 0.964. The topological polar surface area (TPSA) is 46.3 Å². The number of likely N-dealkylation sites (tertiary alicyclic amines) is 1. The fourth-order valence-corrected chi connectivity index (χ4v) is 2.60. The van der Waals surface area contributed by atoms with Crippen molar-refractivity contribution in [1.29, 1.82) is 0 Å². The maximum atomic E-state index is 12.2. The largest absolute Gasteiger partial charge is 0.338 e. The van der Waals surface area contributed by atoms with Crippen molar-refractivity contribution in [1.82, 2.24) is 4.90 Å². The molecule has 1 amide bonds. The van der Waals surface area contributed by atoms with Crippen LogP contribution in [0.4, 0.5) is 0 Å². The van der Waals surface area contributed by atoms with Gasteiger partial charge in [-0.05, 0) is 37.1 Å². The fraction of sp³-hybridized carbons (Fsp3) is 0.417. The van der Waals surface area contributed by atoms with Gasteiger partial charge in [0.1, 0.15) is 0 Å². The molecule has 100 valence electrons. The average Bonchev–Trinajstić information content (AvgIpc) is 2.75. The van der Waals surface area contributed by atoms with Gasteiger partial charge in [-0.25, -0.2) is 0 Å². The minimum atomic E-state index is -0.0228. The molecule has 1 aliphatic heterocycles. The van der Waals surface area contributed by atoms with Gasteiger partial charge in [0.25, 0.3) is 5.91 Å². The third-order valence-corrected chi connectivity index (χ3v) is 3.45. The predicted octanol–water partition coefficient (Wildman–Crippen LogP) is 2.84. The van der Waals surface area contributed by atoms with Crippen LogP contribution >= 0.6 is 35.6 Å². The number of nitrogens with two attached hydrogens (primary N) is 1. The number of carbonyl (C=O) groups excluding carboxylic acids is 1. The molecular weight excluding hydrogens is 295 g/mol. The first kappa shape index (κ1) is 15.6. The highest BCUT2D eigenvalue weighted by molar-refractivity contribution is 6.35. The zero-order valence-corrected chi connectivity index (χ0v) is 12.1. The molecule has 3 nitrogen and oxygen atoms in total. The summed E-state index contributed by atoms with van der Waals surface area (Å²) in [6.45, 7) is 2.10. The van der Waals surface area contributed by atoms with Gasteiger partial charge in [0.2, 0.25) is 0 Å². The minimum absolute atomic E-state index is 0. The van der Waals surface area contributed by atoms with Crippen LogP contribution in [0.3, 0.4) is 0 Å². The van der Waals surface area contributed by atoms with Gasteiger partial charge in [-0.2, -0.15) is 0 Å². The number of carbonyl (C=O) groups is 1. The Kier molecular flexibility index (Phi) is 5.73. The normalized spacial score (nSPS) is 18.6. The second-order valence-electron chi connectivity index (χ2n) is 4.30. The van der Waals surface area contributed by atoms with Crippen molar-refractivity contribution >= 4 is 41.5 Å². The molecule has 1 unspecified atom stereocenters. The zero-order chi connectivity index (χ0) is 12.4. The number of hydrogen-bond donors (Lipinski definition) is 1. The second-order valence-corrected chi connectivity index (χ2v) is 5.17. The van der Waals surface area contributed by atoms with E-state index in [0.717, 1.165) is 19.5 Å². The lowest BCUT2D eigenvalue weighted by Gasteiger charge is -2.16. The summed E-state index contributed by atoms with van der Waals surface area (Å²) in [6.07, 6.45) is 0.969. The molecule has 1 saturated heterocycles. The Morgan fingerprint density at radius 1 is 1.33 bits per heavy atom. The van der Waals surface area contributed by atoms with E-state index in [4.69, 9.17) is 28.9 Å². The van der Waals surface area contributed by atoms with E-state index in [1.165, 1.54) is 0 Å². The Balaban J connectivity index is 0.00000162. The molecule has 6 heteroatoms. The first-order chi connectivity index (χ1) is 8.10. The van der Waals surface area contributed by atoms with Crippen molar-refractivity contribution in [2.45, 2.75) is 6.42 Å². The summed E-state index contributed by atoms with van der Waals surface area (Å²) in [5.41, 5.74) is 6.14. The molecule has 1 aromatic rings. The SMILES string of the molecule is Cl.NCC1CCN(C(=O)c2cc(Cl)cc(Cl)c2)C1. The third-order valence-electron chi connectivity index (χ3n) is 3.02. The Bertz CT molecular complexity index is 419. The summed E-state index contributed by atoms with van der Waals surface area (Å²) in [5.74, 6) is 0.388. The summed E-state index contributed by atoms with van der Waals surface area (Å²) < 4.78 is 0. The standard InChI is InChI=1S/C12H14Cl2N2O.ClH/c13-10-3-9(4-11(14)5-10)12(17)16-2-1-8(6-15)7-16;/h3-5,8H,1-2,6-7,15H2;1H. The van der Waals surface area contributed by atoms with Crippen LogP contribution in [-0.4, -0.2) is 30.4 Å². The fourth-order valence-electron chi connectivity index (χ4n) is 2.07. The molecule has 18 heavy (non-hydrogen) atoms. The highest BCUT2D eigenvalue weighted by Crippen LogP contribution is 2.22. The van der Waals surface area contributed by atoms with Crippen molar-refractivity contribution in [3.05, 3.63) is 33.8 Å². The maximum Gasteiger partial charge on any atom is 0.253 e. The summed E-state index contributed by atoms with van der Waals surface area (Å²) in [4.78, 5) is 14.0. The number of benzene rings is 1. The Morgan fingerprint density at radius 2 is 1.94 bits per heavy atom. The first-order valence-electron chi connectivity index (χ1n) is 5.55. The molecule has 1 aliphatic rings. The zero-order valence-electron chi connectivity index (χ0n) is 9.73. The van der Waals surface area contributed by atoms with E-state index >= 15 is 0 Å². The predicted molar refractivity (Wildman–Crippen MR) is 76.8 cm³/mol. The van der Waals surface area contributed by atoms with Gasteiger partial charge < -0.3 is 10.6 Å². The van der Waals surface area contributed by atoms with Crippen LogP contribution in [0.2, 0.25) is 10.0 Å². The molecule has 0 spiro atoms. The van der Waals surface area contributed by atoms with Crippen molar-refractivity contribution in [2.75, 3.05) is 19.6 Å². The molecule has 2 rings (SSSR count). The van der Waals surface area contributed by atoms with Crippen molar-refractivity contribution in [3.8, 4) is 0 Å². The number of halogens is 3. The van der Waals surface area contributed by atoms with Crippen molar-refractivity contribution in [3.63, 3.8) is 0 Å². The van der Waals surface area contributed by atoms with E-state index in [9.17, 15) is 4.79 Å². The number of nitrogens with zero attached hydrogens (tertiary/aromatic N) is 1. The van der Waals surface area contributed by atoms with E-state index in [-0.39, 0.29) is 18.3 Å². The van der Waals surface area contributed by atoms with Crippen LogP contribution in [0.5, 0.6) is 0 Å². The van der Waals surface area contributed by atoms with E-state index in [2.05, 4.69) is 0 Å². The summed E-state index contributed by atoms with van der Waals surface area (Å²) in [6, 6.07) is 4.91. The lowest BCUT2D eigenvalue weighted by Crippen LogP contribution is -2.29. The van der Waals surface area contributed by atoms with Gasteiger partial charge in [0, 0.05) is 28.7 Å². The third kappa shape index (κ3) is 3.51. The molecule has 0 aromatic heterocycles. The van der Waals surface area contributed by atoms with E-state index in [1.807, 2.05) is 0 Å². The molecular formula is C12H15Cl3N2O. The highest BCUT2D eigenvalue weighted by atomic mass is 35.5. The van der Waals surface area contributed by atoms with Gasteiger partial charge in [-0.15, -0.1) is 12.4 Å². The van der Waals surface area contributed by atoms with Crippen LogP contribution < -0.4 is 5.73 Å². The van der Waals surface area contributed by atoms with Crippen LogP contribution in [-0.2, 0) is 0 Å². The molecule has 2 N–H and O–H groups in total. The summed E-state index contributed by atoms with van der Waals surface area (Å²) >= 11 is 11.8. The van der Waals surface area contributed by atoms with E-state index in [1.54, 1.807) is 23.1 Å². The monoisotopic (exact) mass is 308 g/mol. The van der Waals surface area contributed by atoms with Gasteiger partial charge in [-0.1, -0.05) is 23.2 Å². The average molecular weight is 310 g/mol. The van der Waals surface area contributed by atoms with Gasteiger partial charge in [-0.3, -0.25) is 4.79 Å². The highest BCUT2D eigenvalue weighted by Gasteiger charge is 2.26. The molecule has 0 radical (unpaired) electrons. The molecule has 0 saturated carbocycles. The summed E-state index contributed by atoms with van der Waals surface area (Å²) in [7, 11) is 0. The molecule has 1 aromatic carbocycles. The van der Waals surface area contributed by atoms with Gasteiger partial charge >= 0.3 is 0 Å². The van der Waals surface area contributed by atoms with Crippen LogP contribution in [0.25, 0.3) is 0 Å². The molecule has 1 fully saturated rings. The second kappa shape index (κ2) is 6.62. The van der Waals surface area contributed by atoms with Gasteiger partial charge in [0.05, 0.1) is 0 Å². The van der Waals surface area contributed by atoms with Gasteiger partial charge in [0.15, 0.2) is 0 Å². The molecule has 1 heterocycles. The lowest BCUT2D eigenvalue weighted by molar-refractivity contribution is 0.0787. The van der Waals surface area contributed by atoms with Crippen LogP contribution in [0.1, 0.15) is 16.8 Å². The van der Waals surface area contributed by atoms with E-state index in [0.29, 0.717) is 28.1 Å². The quantitative estimate of drug-likeness (QED) is 0.913. The number of amides is 1. The molecule has 0 aliphatic carbocycles. The van der Waals surface area contributed by atoms with Crippen molar-refractivity contribution in [2.24, 2.45) is 11.7 Å². The Labute approximate surface area is 123 Å². The smallest absolute Gasteiger partial charge is 0.253 e.